The van der Waals surface area contributed by atoms with Gasteiger partial charge in [0.05, 0.1) is 25.4 Å². The Balaban J connectivity index is 2.24. The number of aliphatic hydroxyl groups is 5. The van der Waals surface area contributed by atoms with E-state index in [2.05, 4.69) is 19.2 Å². The Bertz CT molecular complexity index is 847. The molecule has 0 spiro atoms. The second kappa shape index (κ2) is 38.4. The molecule has 334 valence electrons. The molecule has 1 amide bonds. The summed E-state index contributed by atoms with van der Waals surface area (Å²) in [7, 11) is 0. The topological polar surface area (TPSA) is 149 Å². The van der Waals surface area contributed by atoms with E-state index >= 15 is 0 Å². The maximum Gasteiger partial charge on any atom is 0.220 e. The van der Waals surface area contributed by atoms with Crippen LogP contribution in [0.1, 0.15) is 239 Å². The monoisotopic (exact) mass is 800 g/mol. The highest BCUT2D eigenvalue weighted by atomic mass is 16.7. The lowest BCUT2D eigenvalue weighted by Gasteiger charge is -2.40. The minimum Gasteiger partial charge on any atom is -0.394 e. The van der Waals surface area contributed by atoms with E-state index in [4.69, 9.17) is 9.47 Å². The molecule has 1 aliphatic heterocycles. The fourth-order valence-corrected chi connectivity index (χ4v) is 8.04. The maximum absolute atomic E-state index is 13.0. The molecule has 1 fully saturated rings. The first kappa shape index (κ1) is 53.2. The van der Waals surface area contributed by atoms with E-state index in [0.29, 0.717) is 12.8 Å². The van der Waals surface area contributed by atoms with Crippen molar-refractivity contribution in [2.75, 3.05) is 13.2 Å². The van der Waals surface area contributed by atoms with Crippen molar-refractivity contribution in [3.05, 3.63) is 0 Å². The quantitative estimate of drug-likeness (QED) is 0.0335. The van der Waals surface area contributed by atoms with E-state index in [1.165, 1.54) is 173 Å². The van der Waals surface area contributed by atoms with Gasteiger partial charge in [0.25, 0.3) is 0 Å². The summed E-state index contributed by atoms with van der Waals surface area (Å²) in [5.74, 6) is -0.140. The molecule has 2 unspecified atom stereocenters. The molecule has 0 aliphatic carbocycles. The fourth-order valence-electron chi connectivity index (χ4n) is 8.04. The van der Waals surface area contributed by atoms with Crippen LogP contribution in [0.5, 0.6) is 0 Å². The number of ether oxygens (including phenoxy) is 2. The Morgan fingerprint density at radius 2 is 0.893 bits per heavy atom. The third-order valence-electron chi connectivity index (χ3n) is 12.0. The molecule has 1 rings (SSSR count). The van der Waals surface area contributed by atoms with Crippen molar-refractivity contribution < 1.29 is 39.8 Å². The molecule has 0 aromatic carbocycles. The average molecular weight is 800 g/mol. The largest absolute Gasteiger partial charge is 0.394 e. The summed E-state index contributed by atoms with van der Waals surface area (Å²) in [5.41, 5.74) is 0. The van der Waals surface area contributed by atoms with E-state index in [9.17, 15) is 30.3 Å². The normalized spacial score (nSPS) is 21.0. The molecule has 9 heteroatoms. The van der Waals surface area contributed by atoms with Gasteiger partial charge in [-0.1, -0.05) is 219 Å². The summed E-state index contributed by atoms with van der Waals surface area (Å²) in [6.07, 6.45) is 35.4. The lowest BCUT2D eigenvalue weighted by molar-refractivity contribution is -0.302. The van der Waals surface area contributed by atoms with Crippen LogP contribution < -0.4 is 5.32 Å². The van der Waals surface area contributed by atoms with Gasteiger partial charge in [-0.3, -0.25) is 4.79 Å². The number of carbonyl (C=O) groups is 1. The number of carbonyl (C=O) groups excluding carboxylic acids is 1. The van der Waals surface area contributed by atoms with Gasteiger partial charge in [-0.05, 0) is 12.8 Å². The van der Waals surface area contributed by atoms with E-state index < -0.39 is 49.5 Å². The van der Waals surface area contributed by atoms with E-state index in [1.54, 1.807) is 0 Å². The van der Waals surface area contributed by atoms with E-state index in [0.717, 1.165) is 38.5 Å². The van der Waals surface area contributed by atoms with Crippen LogP contribution in [0.15, 0.2) is 0 Å². The maximum atomic E-state index is 13.0. The first-order chi connectivity index (χ1) is 27.3. The molecule has 0 saturated carbocycles. The zero-order valence-corrected chi connectivity index (χ0v) is 36.7. The van der Waals surface area contributed by atoms with Crippen LogP contribution >= 0.6 is 0 Å². The molecule has 1 aliphatic rings. The molecule has 1 saturated heterocycles. The first-order valence-electron chi connectivity index (χ1n) is 24.2. The molecule has 0 radical (unpaired) electrons. The first-order valence-corrected chi connectivity index (χ1v) is 24.2. The van der Waals surface area contributed by atoms with Crippen LogP contribution in [0.3, 0.4) is 0 Å². The summed E-state index contributed by atoms with van der Waals surface area (Å²) in [4.78, 5) is 13.0. The molecular formula is C47H93NO8. The van der Waals surface area contributed by atoms with Crippen molar-refractivity contribution >= 4 is 5.91 Å². The average Bonchev–Trinajstić information content (AvgIpc) is 3.20. The van der Waals surface area contributed by atoms with Gasteiger partial charge in [0.1, 0.15) is 24.4 Å². The van der Waals surface area contributed by atoms with Crippen molar-refractivity contribution in [2.45, 2.75) is 281 Å². The van der Waals surface area contributed by atoms with Crippen LogP contribution in [0.25, 0.3) is 0 Å². The Kier molecular flexibility index (Phi) is 36.5. The molecule has 0 aromatic rings. The summed E-state index contributed by atoms with van der Waals surface area (Å²) >= 11 is 0. The summed E-state index contributed by atoms with van der Waals surface area (Å²) in [6, 6.07) is -0.711. The minimum atomic E-state index is -1.55. The van der Waals surface area contributed by atoms with Crippen LogP contribution in [0, 0.1) is 0 Å². The number of amides is 1. The second-order valence-corrected chi connectivity index (χ2v) is 17.3. The molecule has 0 bridgehead atoms. The molecule has 9 nitrogen and oxygen atoms in total. The number of unbranched alkanes of at least 4 members (excludes halogenated alkanes) is 31. The zero-order chi connectivity index (χ0) is 40.9. The minimum absolute atomic E-state index is 0.132. The van der Waals surface area contributed by atoms with Crippen molar-refractivity contribution in [3.8, 4) is 0 Å². The summed E-state index contributed by atoms with van der Waals surface area (Å²) in [6.45, 7) is 3.85. The SMILES string of the molecule is CCCCCCCCCCCCCCCCCCCCCCCC(=O)N[C@@H](CO[C@@H]1O[C@H](CO)[C@H](O)C(O)C1O)[C@H](O)CCCCCCCCCCCCCC. The third kappa shape index (κ3) is 28.6. The number of rotatable bonds is 41. The van der Waals surface area contributed by atoms with Gasteiger partial charge in [-0.25, -0.2) is 0 Å². The standard InChI is InChI=1S/C47H93NO8/c1-3-5-7-9-11-13-15-17-18-19-20-21-22-23-24-25-27-29-31-33-35-37-43(51)48-40(39-55-47-46(54)45(53)44(52)42(38-49)56-47)41(50)36-34-32-30-28-26-16-14-12-10-8-6-4-2/h40-42,44-47,49-50,52-54H,3-39H2,1-2H3,(H,48,51)/t40-,41+,42+,44-,45?,46?,47+/m0/s1. The Morgan fingerprint density at radius 1 is 0.536 bits per heavy atom. The van der Waals surface area contributed by atoms with E-state index in [-0.39, 0.29) is 12.5 Å². The zero-order valence-electron chi connectivity index (χ0n) is 36.7. The predicted molar refractivity (Wildman–Crippen MR) is 231 cm³/mol. The summed E-state index contributed by atoms with van der Waals surface area (Å²) < 4.78 is 11.3. The van der Waals surface area contributed by atoms with E-state index in [1.807, 2.05) is 0 Å². The van der Waals surface area contributed by atoms with Crippen molar-refractivity contribution in [1.82, 2.24) is 5.32 Å². The molecule has 7 atom stereocenters. The van der Waals surface area contributed by atoms with Crippen LogP contribution in [0.2, 0.25) is 0 Å². The fraction of sp³-hybridized carbons (Fsp3) is 0.979. The lowest BCUT2D eigenvalue weighted by Crippen LogP contribution is -2.60. The van der Waals surface area contributed by atoms with Crippen molar-refractivity contribution in [2.24, 2.45) is 0 Å². The molecule has 1 heterocycles. The van der Waals surface area contributed by atoms with Gasteiger partial charge in [0, 0.05) is 6.42 Å². The molecule has 6 N–H and O–H groups in total. The highest BCUT2D eigenvalue weighted by Crippen LogP contribution is 2.23. The Morgan fingerprint density at radius 3 is 1.27 bits per heavy atom. The summed E-state index contributed by atoms with van der Waals surface area (Å²) in [5, 5.41) is 54.3. The second-order valence-electron chi connectivity index (χ2n) is 17.3. The predicted octanol–water partition coefficient (Wildman–Crippen LogP) is 10.3. The van der Waals surface area contributed by atoms with Crippen LogP contribution in [0.4, 0.5) is 0 Å². The Hall–Kier alpha value is -0.810. The Labute approximate surface area is 344 Å². The van der Waals surface area contributed by atoms with Gasteiger partial charge in [-0.15, -0.1) is 0 Å². The van der Waals surface area contributed by atoms with Gasteiger partial charge >= 0.3 is 0 Å². The number of hydrogen-bond donors (Lipinski definition) is 6. The van der Waals surface area contributed by atoms with Gasteiger partial charge in [0.15, 0.2) is 6.29 Å². The number of aliphatic hydroxyl groups excluding tert-OH is 5. The van der Waals surface area contributed by atoms with Gasteiger partial charge in [0.2, 0.25) is 5.91 Å². The van der Waals surface area contributed by atoms with Crippen LogP contribution in [-0.2, 0) is 14.3 Å². The molecular weight excluding hydrogens is 707 g/mol. The third-order valence-corrected chi connectivity index (χ3v) is 12.0. The smallest absolute Gasteiger partial charge is 0.220 e. The molecule has 56 heavy (non-hydrogen) atoms. The van der Waals surface area contributed by atoms with Gasteiger partial charge < -0.3 is 40.3 Å². The van der Waals surface area contributed by atoms with Crippen molar-refractivity contribution in [1.29, 1.82) is 0 Å². The van der Waals surface area contributed by atoms with Gasteiger partial charge in [-0.2, -0.15) is 0 Å². The number of hydrogen-bond acceptors (Lipinski definition) is 8. The highest BCUT2D eigenvalue weighted by molar-refractivity contribution is 5.76. The number of nitrogens with one attached hydrogen (secondary N) is 1. The highest BCUT2D eigenvalue weighted by Gasteiger charge is 2.44. The van der Waals surface area contributed by atoms with Crippen LogP contribution in [-0.4, -0.2) is 87.5 Å². The molecule has 0 aromatic heterocycles. The lowest BCUT2D eigenvalue weighted by atomic mass is 9.99. The van der Waals surface area contributed by atoms with Crippen molar-refractivity contribution in [3.63, 3.8) is 0 Å².